The van der Waals surface area contributed by atoms with Crippen LogP contribution in [-0.2, 0) is 0 Å². The van der Waals surface area contributed by atoms with Crippen molar-refractivity contribution in [3.63, 3.8) is 0 Å². The average Bonchev–Trinajstić information content (AvgIpc) is 3.08. The number of nitrogens with one attached hydrogen (secondary N) is 1. The number of benzene rings is 1. The summed E-state index contributed by atoms with van der Waals surface area (Å²) in [5.41, 5.74) is 0.0483. The van der Waals surface area contributed by atoms with Crippen molar-refractivity contribution in [2.75, 3.05) is 5.32 Å². The summed E-state index contributed by atoms with van der Waals surface area (Å²) in [7, 11) is 0. The third kappa shape index (κ3) is 3.59. The number of aromatic nitrogens is 4. The van der Waals surface area contributed by atoms with Gasteiger partial charge in [-0.15, -0.1) is 10.2 Å². The molecule has 0 spiro atoms. The molecule has 3 aromatic rings. The zero-order valence-electron chi connectivity index (χ0n) is 12.1. The highest BCUT2D eigenvalue weighted by Gasteiger charge is 2.19. The molecule has 11 heteroatoms. The van der Waals surface area contributed by atoms with Crippen LogP contribution in [0, 0.1) is 5.82 Å². The van der Waals surface area contributed by atoms with E-state index in [0.717, 1.165) is 23.5 Å². The zero-order valence-corrected chi connectivity index (χ0v) is 13.7. The number of halogens is 2. The Kier molecular flexibility index (Phi) is 4.63. The zero-order chi connectivity index (χ0) is 18.0. The van der Waals surface area contributed by atoms with Crippen molar-refractivity contribution in [2.45, 2.75) is 0 Å². The molecule has 25 heavy (non-hydrogen) atoms. The molecule has 0 fully saturated rings. The predicted octanol–water partition coefficient (Wildman–Crippen LogP) is 2.74. The molecule has 2 N–H and O–H groups in total. The van der Waals surface area contributed by atoms with Crippen LogP contribution in [-0.4, -0.2) is 37.4 Å². The summed E-state index contributed by atoms with van der Waals surface area (Å²) in [5.74, 6) is -3.01. The number of carbonyl (C=O) groups excluding carboxylic acids is 1. The first-order valence-electron chi connectivity index (χ1n) is 6.60. The maximum absolute atomic E-state index is 13.4. The Morgan fingerprint density at radius 1 is 1.24 bits per heavy atom. The highest BCUT2D eigenvalue weighted by Crippen LogP contribution is 2.26. The Balaban J connectivity index is 1.87. The molecule has 0 unspecified atom stereocenters. The monoisotopic (exact) mass is 379 g/mol. The fraction of sp³-hybridized carbons (Fsp3) is 0. The summed E-state index contributed by atoms with van der Waals surface area (Å²) in [4.78, 5) is 23.5. The molecule has 0 aliphatic heterocycles. The molecule has 0 atom stereocenters. The molecule has 0 radical (unpaired) electrons. The van der Waals surface area contributed by atoms with Gasteiger partial charge in [-0.2, -0.15) is 10.2 Å². The quantitative estimate of drug-likeness (QED) is 0.715. The van der Waals surface area contributed by atoms with Crippen LogP contribution in [0.15, 0.2) is 30.6 Å². The molecule has 126 valence electrons. The lowest BCUT2D eigenvalue weighted by molar-refractivity contribution is 0.0697. The molecule has 2 heterocycles. The van der Waals surface area contributed by atoms with Gasteiger partial charge in [0.05, 0.1) is 28.7 Å². The standard InChI is InChI=1S/C14H7ClFN5O3S/c15-8-4-10(7(14(23)24)3-9(8)16)19-11(22)13-21-20-12(25-13)6-1-2-17-18-5-6/h1-5H,(H,19,22)(H,23,24). The molecule has 3 rings (SSSR count). The molecule has 0 bridgehead atoms. The van der Waals surface area contributed by atoms with Gasteiger partial charge in [-0.05, 0) is 18.2 Å². The van der Waals surface area contributed by atoms with Gasteiger partial charge in [0, 0.05) is 5.56 Å². The van der Waals surface area contributed by atoms with Crippen molar-refractivity contribution in [1.29, 1.82) is 0 Å². The summed E-state index contributed by atoms with van der Waals surface area (Å²) in [6, 6.07) is 3.40. The number of hydrogen-bond acceptors (Lipinski definition) is 7. The van der Waals surface area contributed by atoms with Crippen LogP contribution in [0.5, 0.6) is 0 Å². The smallest absolute Gasteiger partial charge is 0.337 e. The van der Waals surface area contributed by atoms with Gasteiger partial charge in [0.1, 0.15) is 10.8 Å². The van der Waals surface area contributed by atoms with Gasteiger partial charge in [0.2, 0.25) is 5.01 Å². The van der Waals surface area contributed by atoms with Gasteiger partial charge < -0.3 is 10.4 Å². The first-order chi connectivity index (χ1) is 12.0. The highest BCUT2D eigenvalue weighted by molar-refractivity contribution is 7.16. The van der Waals surface area contributed by atoms with E-state index in [-0.39, 0.29) is 15.7 Å². The molecule has 0 aliphatic carbocycles. The Morgan fingerprint density at radius 2 is 2.04 bits per heavy atom. The summed E-state index contributed by atoms with van der Waals surface area (Å²) >= 11 is 6.63. The highest BCUT2D eigenvalue weighted by atomic mass is 35.5. The normalized spacial score (nSPS) is 10.5. The van der Waals surface area contributed by atoms with Crippen molar-refractivity contribution in [3.05, 3.63) is 52.0 Å². The number of rotatable bonds is 4. The lowest BCUT2D eigenvalue weighted by atomic mass is 10.1. The maximum atomic E-state index is 13.4. The topological polar surface area (TPSA) is 118 Å². The predicted molar refractivity (Wildman–Crippen MR) is 87.3 cm³/mol. The van der Waals surface area contributed by atoms with Crippen LogP contribution in [0.25, 0.3) is 10.6 Å². The van der Waals surface area contributed by atoms with Crippen molar-refractivity contribution >= 4 is 40.5 Å². The molecule has 8 nitrogen and oxygen atoms in total. The number of anilines is 1. The minimum Gasteiger partial charge on any atom is -0.478 e. The summed E-state index contributed by atoms with van der Waals surface area (Å²) < 4.78 is 13.4. The largest absolute Gasteiger partial charge is 0.478 e. The van der Waals surface area contributed by atoms with E-state index in [4.69, 9.17) is 16.7 Å². The Labute approximate surface area is 148 Å². The molecule has 2 aromatic heterocycles. The van der Waals surface area contributed by atoms with E-state index in [2.05, 4.69) is 25.7 Å². The van der Waals surface area contributed by atoms with Crippen molar-refractivity contribution in [1.82, 2.24) is 20.4 Å². The Bertz CT molecular complexity index is 966. The maximum Gasteiger partial charge on any atom is 0.337 e. The van der Waals surface area contributed by atoms with Gasteiger partial charge in [-0.1, -0.05) is 22.9 Å². The lowest BCUT2D eigenvalue weighted by Crippen LogP contribution is -2.15. The van der Waals surface area contributed by atoms with Crippen LogP contribution in [0.1, 0.15) is 20.2 Å². The molecular formula is C14H7ClFN5O3S. The van der Waals surface area contributed by atoms with Gasteiger partial charge in [0.15, 0.2) is 0 Å². The summed E-state index contributed by atoms with van der Waals surface area (Å²) in [6.07, 6.45) is 2.93. The fourth-order valence-electron chi connectivity index (χ4n) is 1.85. The minimum atomic E-state index is -1.41. The number of carboxylic acid groups (broad SMARTS) is 1. The van der Waals surface area contributed by atoms with E-state index in [0.29, 0.717) is 10.6 Å². The molecular weight excluding hydrogens is 373 g/mol. The van der Waals surface area contributed by atoms with E-state index in [9.17, 15) is 14.0 Å². The van der Waals surface area contributed by atoms with Crippen LogP contribution >= 0.6 is 22.9 Å². The van der Waals surface area contributed by atoms with Crippen molar-refractivity contribution in [2.24, 2.45) is 0 Å². The van der Waals surface area contributed by atoms with Crippen LogP contribution < -0.4 is 5.32 Å². The minimum absolute atomic E-state index is 0.0106. The number of carboxylic acids is 1. The number of carbonyl (C=O) groups is 2. The number of nitrogens with zero attached hydrogens (tertiary/aromatic N) is 4. The molecule has 0 aliphatic rings. The second-order valence-electron chi connectivity index (χ2n) is 4.61. The van der Waals surface area contributed by atoms with E-state index < -0.39 is 23.3 Å². The first-order valence-corrected chi connectivity index (χ1v) is 7.79. The van der Waals surface area contributed by atoms with E-state index in [1.54, 1.807) is 6.07 Å². The van der Waals surface area contributed by atoms with Gasteiger partial charge >= 0.3 is 5.97 Å². The van der Waals surface area contributed by atoms with Gasteiger partial charge in [0.25, 0.3) is 5.91 Å². The summed E-state index contributed by atoms with van der Waals surface area (Å²) in [5, 5.41) is 26.6. The Hall–Kier alpha value is -2.98. The Morgan fingerprint density at radius 3 is 2.72 bits per heavy atom. The summed E-state index contributed by atoms with van der Waals surface area (Å²) in [6.45, 7) is 0. The van der Waals surface area contributed by atoms with E-state index in [1.807, 2.05) is 0 Å². The third-order valence-electron chi connectivity index (χ3n) is 2.99. The second-order valence-corrected chi connectivity index (χ2v) is 6.00. The van der Waals surface area contributed by atoms with Crippen LogP contribution in [0.3, 0.4) is 0 Å². The third-order valence-corrected chi connectivity index (χ3v) is 4.25. The lowest BCUT2D eigenvalue weighted by Gasteiger charge is -2.08. The van der Waals surface area contributed by atoms with Gasteiger partial charge in [-0.25, -0.2) is 9.18 Å². The number of amides is 1. The molecule has 1 aromatic carbocycles. The van der Waals surface area contributed by atoms with Crippen molar-refractivity contribution in [3.8, 4) is 10.6 Å². The van der Waals surface area contributed by atoms with E-state index in [1.165, 1.54) is 12.4 Å². The second kappa shape index (κ2) is 6.87. The first kappa shape index (κ1) is 16.9. The van der Waals surface area contributed by atoms with Crippen molar-refractivity contribution < 1.29 is 19.1 Å². The average molecular weight is 380 g/mol. The molecule has 0 saturated carbocycles. The number of aromatic carboxylic acids is 1. The number of hydrogen-bond donors (Lipinski definition) is 2. The SMILES string of the molecule is O=C(Nc1cc(Cl)c(F)cc1C(=O)O)c1nnc(-c2ccnnc2)s1. The van der Waals surface area contributed by atoms with Crippen LogP contribution in [0.4, 0.5) is 10.1 Å². The fourth-order valence-corrected chi connectivity index (χ4v) is 2.74. The van der Waals surface area contributed by atoms with Gasteiger partial charge in [-0.3, -0.25) is 4.79 Å². The molecule has 1 amide bonds. The van der Waals surface area contributed by atoms with Crippen LogP contribution in [0.2, 0.25) is 5.02 Å². The van der Waals surface area contributed by atoms with E-state index >= 15 is 0 Å². The molecule has 0 saturated heterocycles.